The van der Waals surface area contributed by atoms with Crippen LogP contribution < -0.4 is 5.56 Å². The van der Waals surface area contributed by atoms with Gasteiger partial charge in [-0.1, -0.05) is 19.3 Å². The third-order valence-corrected chi connectivity index (χ3v) is 5.15. The maximum absolute atomic E-state index is 12.3. The Labute approximate surface area is 125 Å². The molecule has 3 rings (SSSR count). The number of thiophene rings is 1. The van der Waals surface area contributed by atoms with Crippen LogP contribution in [0.15, 0.2) is 16.2 Å². The molecule has 2 N–H and O–H groups in total. The second-order valence-corrected chi connectivity index (χ2v) is 6.50. The number of fused-ring (bicyclic) bond motifs is 1. The number of aromatic hydroxyl groups is 1. The maximum atomic E-state index is 12.3. The van der Waals surface area contributed by atoms with Gasteiger partial charge < -0.3 is 14.8 Å². The lowest BCUT2D eigenvalue weighted by atomic mass is 9.89. The molecule has 1 saturated carbocycles. The molecule has 0 aromatic carbocycles. The summed E-state index contributed by atoms with van der Waals surface area (Å²) in [5, 5.41) is 21.0. The van der Waals surface area contributed by atoms with E-state index >= 15 is 0 Å². The van der Waals surface area contributed by atoms with Crippen molar-refractivity contribution in [3.8, 4) is 5.75 Å². The minimum atomic E-state index is -1.26. The lowest BCUT2D eigenvalue weighted by Gasteiger charge is -2.23. The van der Waals surface area contributed by atoms with Crippen LogP contribution in [0.5, 0.6) is 5.75 Å². The molecule has 0 unspecified atom stereocenters. The van der Waals surface area contributed by atoms with E-state index in [2.05, 4.69) is 0 Å². The quantitative estimate of drug-likeness (QED) is 0.913. The van der Waals surface area contributed by atoms with Gasteiger partial charge >= 0.3 is 5.97 Å². The minimum absolute atomic E-state index is 0.273. The molecule has 0 spiro atoms. The first-order valence-electron chi connectivity index (χ1n) is 7.16. The van der Waals surface area contributed by atoms with Gasteiger partial charge in [-0.15, -0.1) is 11.3 Å². The van der Waals surface area contributed by atoms with Crippen molar-refractivity contribution in [3.05, 3.63) is 27.4 Å². The molecule has 0 bridgehead atoms. The maximum Gasteiger partial charge on any atom is 0.341 e. The average molecular weight is 307 g/mol. The van der Waals surface area contributed by atoms with Crippen LogP contribution >= 0.6 is 11.3 Å². The van der Waals surface area contributed by atoms with Crippen molar-refractivity contribution in [2.45, 2.75) is 38.6 Å². The van der Waals surface area contributed by atoms with Crippen LogP contribution in [0.1, 0.15) is 42.5 Å². The van der Waals surface area contributed by atoms with Gasteiger partial charge in [0.05, 0.1) is 10.2 Å². The van der Waals surface area contributed by atoms with Gasteiger partial charge in [0.1, 0.15) is 5.56 Å². The number of carboxylic acids is 1. The topological polar surface area (TPSA) is 79.5 Å². The summed E-state index contributed by atoms with van der Waals surface area (Å²) in [7, 11) is 0. The molecule has 1 aliphatic rings. The molecule has 21 heavy (non-hydrogen) atoms. The molecule has 0 radical (unpaired) electrons. The fourth-order valence-electron chi connectivity index (χ4n) is 3.16. The summed E-state index contributed by atoms with van der Waals surface area (Å²) >= 11 is 1.24. The predicted molar refractivity (Wildman–Crippen MR) is 81.3 cm³/mol. The fourth-order valence-corrected chi connectivity index (χ4v) is 4.10. The zero-order valence-corrected chi connectivity index (χ0v) is 12.4. The Kier molecular flexibility index (Phi) is 3.71. The third-order valence-electron chi connectivity index (χ3n) is 4.23. The van der Waals surface area contributed by atoms with Gasteiger partial charge in [-0.2, -0.15) is 0 Å². The average Bonchev–Trinajstić information content (AvgIpc) is 2.93. The second-order valence-electron chi connectivity index (χ2n) is 5.58. The van der Waals surface area contributed by atoms with E-state index in [1.54, 1.807) is 16.0 Å². The summed E-state index contributed by atoms with van der Waals surface area (Å²) in [5.74, 6) is -1.48. The molecule has 0 atom stereocenters. The Balaban J connectivity index is 2.12. The van der Waals surface area contributed by atoms with Crippen LogP contribution in [0.2, 0.25) is 0 Å². The van der Waals surface area contributed by atoms with Crippen molar-refractivity contribution in [2.75, 3.05) is 0 Å². The standard InChI is InChI=1S/C15H17NO4S/c17-12-11(15(19)20)13-10(6-7-21-13)16(14(12)18)8-9-4-2-1-3-5-9/h6-7,9,17H,1-5,8H2,(H,19,20). The largest absolute Gasteiger partial charge is 0.502 e. The monoisotopic (exact) mass is 307 g/mol. The van der Waals surface area contributed by atoms with Crippen LogP contribution in [0.25, 0.3) is 10.2 Å². The molecule has 2 aromatic rings. The van der Waals surface area contributed by atoms with Gasteiger partial charge in [-0.05, 0) is 30.2 Å². The highest BCUT2D eigenvalue weighted by Crippen LogP contribution is 2.31. The number of hydrogen-bond acceptors (Lipinski definition) is 4. The van der Waals surface area contributed by atoms with Crippen LogP contribution in [0.4, 0.5) is 0 Å². The molecule has 0 amide bonds. The summed E-state index contributed by atoms with van der Waals surface area (Å²) < 4.78 is 2.01. The predicted octanol–water partition coefficient (Wildman–Crippen LogP) is 3.05. The highest BCUT2D eigenvalue weighted by Gasteiger charge is 2.24. The molecule has 112 valence electrons. The first-order valence-corrected chi connectivity index (χ1v) is 8.04. The Hall–Kier alpha value is -1.82. The number of aromatic carboxylic acids is 1. The number of rotatable bonds is 3. The van der Waals surface area contributed by atoms with Crippen molar-refractivity contribution >= 4 is 27.5 Å². The molecular weight excluding hydrogens is 290 g/mol. The number of pyridine rings is 1. The highest BCUT2D eigenvalue weighted by molar-refractivity contribution is 7.17. The third kappa shape index (κ3) is 2.44. The van der Waals surface area contributed by atoms with Crippen LogP contribution in [-0.4, -0.2) is 20.7 Å². The van der Waals surface area contributed by atoms with Crippen molar-refractivity contribution in [3.63, 3.8) is 0 Å². The minimum Gasteiger partial charge on any atom is -0.502 e. The number of carbonyl (C=O) groups is 1. The van der Waals surface area contributed by atoms with Crippen LogP contribution in [0, 0.1) is 5.92 Å². The van der Waals surface area contributed by atoms with Crippen molar-refractivity contribution in [2.24, 2.45) is 5.92 Å². The number of nitrogens with zero attached hydrogens (tertiary/aromatic N) is 1. The molecular formula is C15H17NO4S. The number of carboxylic acid groups (broad SMARTS) is 1. The first-order chi connectivity index (χ1) is 10.1. The zero-order chi connectivity index (χ0) is 15.0. The Bertz CT molecular complexity index is 740. The van der Waals surface area contributed by atoms with Crippen molar-refractivity contribution in [1.29, 1.82) is 0 Å². The molecule has 2 aromatic heterocycles. The summed E-state index contributed by atoms with van der Waals surface area (Å²) in [6.07, 6.45) is 5.75. The smallest absolute Gasteiger partial charge is 0.341 e. The summed E-state index contributed by atoms with van der Waals surface area (Å²) in [5.41, 5.74) is -0.250. The van der Waals surface area contributed by atoms with E-state index in [-0.39, 0.29) is 5.56 Å². The SMILES string of the molecule is O=C(O)c1c(O)c(=O)n(CC2CCCCC2)c2ccsc12. The van der Waals surface area contributed by atoms with E-state index in [0.29, 0.717) is 22.7 Å². The van der Waals surface area contributed by atoms with Gasteiger partial charge in [-0.3, -0.25) is 4.79 Å². The Morgan fingerprint density at radius 3 is 2.71 bits per heavy atom. The van der Waals surface area contributed by atoms with Crippen LogP contribution in [0.3, 0.4) is 0 Å². The van der Waals surface area contributed by atoms with E-state index in [9.17, 15) is 19.8 Å². The van der Waals surface area contributed by atoms with Gasteiger partial charge in [0, 0.05) is 6.54 Å². The van der Waals surface area contributed by atoms with Gasteiger partial charge in [0.2, 0.25) is 0 Å². The van der Waals surface area contributed by atoms with Crippen LogP contribution in [-0.2, 0) is 6.54 Å². The zero-order valence-electron chi connectivity index (χ0n) is 11.5. The molecule has 1 aliphatic carbocycles. The normalized spacial score (nSPS) is 16.4. The molecule has 6 heteroatoms. The first kappa shape index (κ1) is 14.1. The van der Waals surface area contributed by atoms with Gasteiger partial charge in [0.15, 0.2) is 5.75 Å². The summed E-state index contributed by atoms with van der Waals surface area (Å²) in [6.45, 7) is 0.555. The van der Waals surface area contributed by atoms with E-state index in [1.807, 2.05) is 0 Å². The summed E-state index contributed by atoms with van der Waals surface area (Å²) in [4.78, 5) is 23.6. The van der Waals surface area contributed by atoms with E-state index in [0.717, 1.165) is 12.8 Å². The second kappa shape index (κ2) is 5.52. The molecule has 0 aliphatic heterocycles. The number of aromatic nitrogens is 1. The van der Waals surface area contributed by atoms with Crippen molar-refractivity contribution in [1.82, 2.24) is 4.57 Å². The molecule has 1 fully saturated rings. The molecule has 5 nitrogen and oxygen atoms in total. The van der Waals surface area contributed by atoms with Gasteiger partial charge in [0.25, 0.3) is 5.56 Å². The lowest BCUT2D eigenvalue weighted by Crippen LogP contribution is -2.26. The summed E-state index contributed by atoms with van der Waals surface area (Å²) in [6, 6.07) is 1.76. The van der Waals surface area contributed by atoms with E-state index in [1.165, 1.54) is 30.6 Å². The van der Waals surface area contributed by atoms with Crippen molar-refractivity contribution < 1.29 is 15.0 Å². The number of hydrogen-bond donors (Lipinski definition) is 2. The lowest BCUT2D eigenvalue weighted by molar-refractivity contribution is 0.0695. The molecule has 0 saturated heterocycles. The Morgan fingerprint density at radius 2 is 2.05 bits per heavy atom. The molecule has 2 heterocycles. The van der Waals surface area contributed by atoms with E-state index in [4.69, 9.17) is 0 Å². The fraction of sp³-hybridized carbons (Fsp3) is 0.467. The Morgan fingerprint density at radius 1 is 1.33 bits per heavy atom. The highest BCUT2D eigenvalue weighted by atomic mass is 32.1. The van der Waals surface area contributed by atoms with Gasteiger partial charge in [-0.25, -0.2) is 4.79 Å². The van der Waals surface area contributed by atoms with E-state index < -0.39 is 17.3 Å².